The molecule has 0 fully saturated rings. The molecular formula is C9H23F3N5P. The average Bonchev–Trinajstić information content (AvgIpc) is 2.13. The third-order valence-electron chi connectivity index (χ3n) is 2.34. The molecule has 0 aromatic carbocycles. The second-order valence-electron chi connectivity index (χ2n) is 4.37. The fourth-order valence-electron chi connectivity index (χ4n) is 1.83. The van der Waals surface area contributed by atoms with Crippen molar-refractivity contribution in [2.24, 2.45) is 4.74 Å². The number of nitrogens with zero attached hydrogens (tertiary/aromatic N) is 4. The fraction of sp³-hybridized carbons (Fsp3) is 1.00. The molecule has 0 aliphatic rings. The van der Waals surface area contributed by atoms with Gasteiger partial charge in [0.25, 0.3) is 0 Å². The Balaban J connectivity index is 4.88. The van der Waals surface area contributed by atoms with E-state index in [0.717, 1.165) is 0 Å². The van der Waals surface area contributed by atoms with Gasteiger partial charge >= 0.3 is 6.30 Å². The Bertz CT molecular complexity index is 273. The summed E-state index contributed by atoms with van der Waals surface area (Å²) in [6.45, 7) is -0.0946. The van der Waals surface area contributed by atoms with Crippen molar-refractivity contribution in [1.29, 1.82) is 0 Å². The van der Waals surface area contributed by atoms with Crippen LogP contribution in [-0.4, -0.2) is 75.7 Å². The van der Waals surface area contributed by atoms with Gasteiger partial charge in [0.2, 0.25) is 0 Å². The van der Waals surface area contributed by atoms with Crippen LogP contribution in [-0.2, 0) is 0 Å². The molecule has 0 aliphatic carbocycles. The van der Waals surface area contributed by atoms with Crippen LogP contribution in [0.1, 0.15) is 0 Å². The van der Waals surface area contributed by atoms with Crippen LogP contribution in [0, 0.1) is 0 Å². The summed E-state index contributed by atoms with van der Waals surface area (Å²) in [5.74, 6) is 0. The number of hydrogen-bond donors (Lipinski definition) is 1. The Morgan fingerprint density at radius 2 is 1.33 bits per heavy atom. The van der Waals surface area contributed by atoms with Crippen LogP contribution in [0.15, 0.2) is 4.74 Å². The van der Waals surface area contributed by atoms with Crippen molar-refractivity contribution < 1.29 is 13.2 Å². The monoisotopic (exact) mass is 289 g/mol. The minimum Gasteiger partial charge on any atom is -0.259 e. The normalized spacial score (nSPS) is 13.8. The molecule has 0 unspecified atom stereocenters. The first-order chi connectivity index (χ1) is 8.04. The molecule has 5 nitrogen and oxygen atoms in total. The van der Waals surface area contributed by atoms with E-state index in [2.05, 4.69) is 4.74 Å². The van der Waals surface area contributed by atoms with E-state index in [4.69, 9.17) is 0 Å². The molecule has 0 atom stereocenters. The summed E-state index contributed by atoms with van der Waals surface area (Å²) in [5.41, 5.74) is 0. The topological polar surface area (TPSA) is 34.1 Å². The van der Waals surface area contributed by atoms with Crippen LogP contribution in [0.4, 0.5) is 13.2 Å². The van der Waals surface area contributed by atoms with Gasteiger partial charge in [0.05, 0.1) is 6.54 Å². The van der Waals surface area contributed by atoms with Gasteiger partial charge in [-0.05, 0) is 42.3 Å². The Labute approximate surface area is 107 Å². The van der Waals surface area contributed by atoms with Gasteiger partial charge in [-0.25, -0.2) is 5.32 Å². The van der Waals surface area contributed by atoms with Crippen LogP contribution in [0.3, 0.4) is 0 Å². The molecule has 0 rings (SSSR count). The maximum Gasteiger partial charge on any atom is 0.457 e. The third-order valence-corrected chi connectivity index (χ3v) is 6.14. The number of halogens is 3. The van der Waals surface area contributed by atoms with Gasteiger partial charge in [0.1, 0.15) is 0 Å². The van der Waals surface area contributed by atoms with Gasteiger partial charge in [-0.3, -0.25) is 18.8 Å². The van der Waals surface area contributed by atoms with Gasteiger partial charge in [-0.15, -0.1) is 0 Å². The van der Waals surface area contributed by atoms with E-state index in [1.54, 1.807) is 0 Å². The summed E-state index contributed by atoms with van der Waals surface area (Å²) in [7, 11) is 9.22. The molecule has 0 aromatic rings. The number of alkyl halides is 3. The van der Waals surface area contributed by atoms with Crippen molar-refractivity contribution in [3.05, 3.63) is 0 Å². The lowest BCUT2D eigenvalue weighted by Gasteiger charge is -2.41. The lowest BCUT2D eigenvalue weighted by molar-refractivity contribution is -0.156. The number of rotatable bonds is 6. The van der Waals surface area contributed by atoms with Crippen molar-refractivity contribution in [3.63, 3.8) is 0 Å². The maximum atomic E-state index is 12.0. The lowest BCUT2D eigenvalue weighted by Crippen LogP contribution is -2.34. The highest BCUT2D eigenvalue weighted by Crippen LogP contribution is 2.54. The second kappa shape index (κ2) is 6.86. The molecule has 0 aliphatic heterocycles. The van der Waals surface area contributed by atoms with Crippen LogP contribution in [0.5, 0.6) is 0 Å². The minimum absolute atomic E-state index is 0.113. The second-order valence-corrected chi connectivity index (χ2v) is 8.12. The minimum atomic E-state index is -4.34. The molecule has 0 bridgehead atoms. The molecule has 9 heteroatoms. The van der Waals surface area contributed by atoms with E-state index in [1.165, 1.54) is 5.32 Å². The van der Waals surface area contributed by atoms with Gasteiger partial charge in [0.15, 0.2) is 7.51 Å². The molecule has 18 heavy (non-hydrogen) atoms. The predicted molar refractivity (Wildman–Crippen MR) is 69.3 cm³/mol. The van der Waals surface area contributed by atoms with Gasteiger partial charge in [-0.2, -0.15) is 13.2 Å². The summed E-state index contributed by atoms with van der Waals surface area (Å²) in [6.07, 6.45) is -4.34. The van der Waals surface area contributed by atoms with E-state index in [-0.39, 0.29) is 13.1 Å². The smallest absolute Gasteiger partial charge is 0.259 e. The van der Waals surface area contributed by atoms with Crippen LogP contribution >= 0.6 is 7.51 Å². The standard InChI is InChI=1S/C9H23F3N5P/c1-15(2)18(16(3)4,17(5)6)14-8-7-13-9(10,11)12/h13H,7-8H2,1-6H3. The first kappa shape index (κ1) is 17.9. The molecule has 0 heterocycles. The van der Waals surface area contributed by atoms with Crippen LogP contribution in [0.2, 0.25) is 0 Å². The number of nitrogens with one attached hydrogen (secondary N) is 1. The summed E-state index contributed by atoms with van der Waals surface area (Å²) in [6, 6.07) is 0. The highest BCUT2D eigenvalue weighted by Gasteiger charge is 2.29. The molecule has 110 valence electrons. The summed E-state index contributed by atoms with van der Waals surface area (Å²) in [5, 5.41) is 1.48. The Morgan fingerprint density at radius 1 is 0.944 bits per heavy atom. The van der Waals surface area contributed by atoms with E-state index in [0.29, 0.717) is 0 Å². The zero-order valence-electron chi connectivity index (χ0n) is 11.8. The van der Waals surface area contributed by atoms with Gasteiger partial charge in [0, 0.05) is 6.54 Å². The van der Waals surface area contributed by atoms with Crippen LogP contribution in [0.25, 0.3) is 0 Å². The molecule has 0 aromatic heterocycles. The SMILES string of the molecule is CN(C)P(=NCCNC(F)(F)F)(N(C)C)N(C)C. The Hall–Kier alpha value is -0.140. The van der Waals surface area contributed by atoms with Crippen molar-refractivity contribution in [1.82, 2.24) is 19.3 Å². The quantitative estimate of drug-likeness (QED) is 0.459. The van der Waals surface area contributed by atoms with Crippen molar-refractivity contribution >= 4 is 7.51 Å². The van der Waals surface area contributed by atoms with Crippen molar-refractivity contribution in [3.8, 4) is 0 Å². The van der Waals surface area contributed by atoms with Gasteiger partial charge < -0.3 is 0 Å². The summed E-state index contributed by atoms with van der Waals surface area (Å²) >= 11 is 0. The zero-order chi connectivity index (χ0) is 14.6. The van der Waals surface area contributed by atoms with Gasteiger partial charge in [-0.1, -0.05) is 0 Å². The first-order valence-corrected chi connectivity index (χ1v) is 7.07. The van der Waals surface area contributed by atoms with Crippen molar-refractivity contribution in [2.75, 3.05) is 55.4 Å². The van der Waals surface area contributed by atoms with Crippen molar-refractivity contribution in [2.45, 2.75) is 6.30 Å². The average molecular weight is 289 g/mol. The largest absolute Gasteiger partial charge is 0.457 e. The highest BCUT2D eigenvalue weighted by atomic mass is 31.2. The van der Waals surface area contributed by atoms with Crippen LogP contribution < -0.4 is 5.32 Å². The van der Waals surface area contributed by atoms with E-state index in [1.807, 2.05) is 56.3 Å². The lowest BCUT2D eigenvalue weighted by atomic mass is 10.6. The Morgan fingerprint density at radius 3 is 1.61 bits per heavy atom. The summed E-state index contributed by atoms with van der Waals surface area (Å²) in [4.78, 5) is 0. The molecule has 0 spiro atoms. The fourth-order valence-corrected chi connectivity index (χ4v) is 5.11. The Kier molecular flexibility index (Phi) is 6.81. The highest BCUT2D eigenvalue weighted by molar-refractivity contribution is 7.59. The first-order valence-electron chi connectivity index (χ1n) is 5.47. The molecule has 0 amide bonds. The van der Waals surface area contributed by atoms with E-state index < -0.39 is 13.8 Å². The molecule has 0 radical (unpaired) electrons. The predicted octanol–water partition coefficient (Wildman–Crippen LogP) is 1.73. The molecule has 1 N–H and O–H groups in total. The zero-order valence-corrected chi connectivity index (χ0v) is 12.7. The van der Waals surface area contributed by atoms with E-state index in [9.17, 15) is 13.2 Å². The molecule has 0 saturated heterocycles. The molecule has 0 saturated carbocycles. The maximum absolute atomic E-state index is 12.0. The third kappa shape index (κ3) is 4.85. The number of hydrogen-bond acceptors (Lipinski definition) is 2. The van der Waals surface area contributed by atoms with E-state index >= 15 is 0 Å². The molecular weight excluding hydrogens is 266 g/mol. The summed E-state index contributed by atoms with van der Waals surface area (Å²) < 4.78 is 46.3.